The summed E-state index contributed by atoms with van der Waals surface area (Å²) in [6.45, 7) is 5.24. The Balaban J connectivity index is 2.59. The van der Waals surface area contributed by atoms with Crippen molar-refractivity contribution in [1.29, 1.82) is 0 Å². The van der Waals surface area contributed by atoms with Crippen LogP contribution in [0.15, 0.2) is 18.2 Å². The molecule has 0 atom stereocenters. The molecule has 0 heterocycles. The first-order valence-electron chi connectivity index (χ1n) is 6.31. The van der Waals surface area contributed by atoms with E-state index in [9.17, 15) is 22.4 Å². The SMILES string of the molecule is CC(C)(C)OC(=O)CCNc1ccc(F)c(C(F)(F)F)c1. The molecule has 1 rings (SSSR count). The van der Waals surface area contributed by atoms with Crippen LogP contribution in [0.25, 0.3) is 0 Å². The highest BCUT2D eigenvalue weighted by Crippen LogP contribution is 2.32. The summed E-state index contributed by atoms with van der Waals surface area (Å²) in [6.07, 6.45) is -4.76. The van der Waals surface area contributed by atoms with Gasteiger partial charge in [0, 0.05) is 12.2 Å². The number of carbonyl (C=O) groups is 1. The largest absolute Gasteiger partial charge is 0.460 e. The van der Waals surface area contributed by atoms with Crippen LogP contribution < -0.4 is 5.32 Å². The van der Waals surface area contributed by atoms with Crippen molar-refractivity contribution in [2.75, 3.05) is 11.9 Å². The minimum Gasteiger partial charge on any atom is -0.460 e. The highest BCUT2D eigenvalue weighted by molar-refractivity contribution is 5.70. The monoisotopic (exact) mass is 307 g/mol. The molecule has 0 aliphatic carbocycles. The van der Waals surface area contributed by atoms with Crippen LogP contribution in [0, 0.1) is 5.82 Å². The molecule has 1 N–H and O–H groups in total. The average molecular weight is 307 g/mol. The van der Waals surface area contributed by atoms with Crippen LogP contribution in [-0.4, -0.2) is 18.1 Å². The van der Waals surface area contributed by atoms with E-state index in [1.807, 2.05) is 0 Å². The number of ether oxygens (including phenoxy) is 1. The van der Waals surface area contributed by atoms with Crippen molar-refractivity contribution >= 4 is 11.7 Å². The van der Waals surface area contributed by atoms with Crippen LogP contribution in [0.2, 0.25) is 0 Å². The summed E-state index contributed by atoms with van der Waals surface area (Å²) < 4.78 is 55.7. The third-order valence-corrected chi connectivity index (χ3v) is 2.35. The summed E-state index contributed by atoms with van der Waals surface area (Å²) in [6, 6.07) is 2.59. The number of anilines is 1. The predicted molar refractivity (Wildman–Crippen MR) is 70.4 cm³/mol. The summed E-state index contributed by atoms with van der Waals surface area (Å²) >= 11 is 0. The lowest BCUT2D eigenvalue weighted by molar-refractivity contribution is -0.154. The zero-order valence-corrected chi connectivity index (χ0v) is 12.0. The highest BCUT2D eigenvalue weighted by atomic mass is 19.4. The van der Waals surface area contributed by atoms with Gasteiger partial charge in [0.05, 0.1) is 12.0 Å². The van der Waals surface area contributed by atoms with Crippen LogP contribution in [0.1, 0.15) is 32.8 Å². The molecule has 0 aliphatic rings. The van der Waals surface area contributed by atoms with Gasteiger partial charge in [-0.25, -0.2) is 4.39 Å². The number of hydrogen-bond donors (Lipinski definition) is 1. The minimum absolute atomic E-state index is 0.00397. The van der Waals surface area contributed by atoms with E-state index >= 15 is 0 Å². The molecule has 0 bridgehead atoms. The van der Waals surface area contributed by atoms with Crippen LogP contribution in [0.3, 0.4) is 0 Å². The van der Waals surface area contributed by atoms with Gasteiger partial charge in [-0.1, -0.05) is 0 Å². The summed E-state index contributed by atoms with van der Waals surface area (Å²) in [5.41, 5.74) is -1.87. The number of halogens is 4. The van der Waals surface area contributed by atoms with Gasteiger partial charge in [-0.05, 0) is 39.0 Å². The molecule has 0 spiro atoms. The number of benzene rings is 1. The number of alkyl halides is 3. The van der Waals surface area contributed by atoms with Crippen molar-refractivity contribution in [2.45, 2.75) is 39.0 Å². The van der Waals surface area contributed by atoms with Crippen molar-refractivity contribution in [2.24, 2.45) is 0 Å². The molecule has 0 fully saturated rings. The van der Waals surface area contributed by atoms with Gasteiger partial charge in [-0.2, -0.15) is 13.2 Å². The Morgan fingerprint density at radius 3 is 2.38 bits per heavy atom. The molecule has 118 valence electrons. The Morgan fingerprint density at radius 1 is 1.24 bits per heavy atom. The lowest BCUT2D eigenvalue weighted by Crippen LogP contribution is -2.25. The Morgan fingerprint density at radius 2 is 1.86 bits per heavy atom. The zero-order valence-electron chi connectivity index (χ0n) is 12.0. The lowest BCUT2D eigenvalue weighted by atomic mass is 10.1. The minimum atomic E-state index is -4.76. The maximum absolute atomic E-state index is 13.1. The molecule has 0 saturated heterocycles. The maximum Gasteiger partial charge on any atom is 0.419 e. The standard InChI is InChI=1S/C14H17F4NO2/c1-13(2,3)21-12(20)6-7-19-9-4-5-11(15)10(8-9)14(16,17)18/h4-5,8,19H,6-7H2,1-3H3. The normalized spacial score (nSPS) is 12.1. The lowest BCUT2D eigenvalue weighted by Gasteiger charge is -2.19. The molecule has 21 heavy (non-hydrogen) atoms. The van der Waals surface area contributed by atoms with Gasteiger partial charge >= 0.3 is 12.1 Å². The molecule has 0 aliphatic heterocycles. The van der Waals surface area contributed by atoms with E-state index in [2.05, 4.69) is 5.32 Å². The second-order valence-corrected chi connectivity index (χ2v) is 5.46. The van der Waals surface area contributed by atoms with Gasteiger partial charge in [0.2, 0.25) is 0 Å². The molecular formula is C14H17F4NO2. The molecule has 1 aromatic rings. The summed E-state index contributed by atoms with van der Waals surface area (Å²) in [5, 5.41) is 2.63. The topological polar surface area (TPSA) is 38.3 Å². The van der Waals surface area contributed by atoms with Gasteiger partial charge < -0.3 is 10.1 Å². The van der Waals surface area contributed by atoms with Gasteiger partial charge in [-0.3, -0.25) is 4.79 Å². The average Bonchev–Trinajstić information content (AvgIpc) is 2.27. The second kappa shape index (κ2) is 6.32. The van der Waals surface area contributed by atoms with E-state index in [-0.39, 0.29) is 18.7 Å². The maximum atomic E-state index is 13.1. The predicted octanol–water partition coefficient (Wildman–Crippen LogP) is 3.99. The first-order valence-corrected chi connectivity index (χ1v) is 6.31. The molecule has 1 aromatic carbocycles. The number of hydrogen-bond acceptors (Lipinski definition) is 3. The molecule has 0 amide bonds. The summed E-state index contributed by atoms with van der Waals surface area (Å²) in [7, 11) is 0. The molecule has 0 unspecified atom stereocenters. The summed E-state index contributed by atoms with van der Waals surface area (Å²) in [4.78, 5) is 11.4. The number of esters is 1. The van der Waals surface area contributed by atoms with Crippen LogP contribution >= 0.6 is 0 Å². The first-order chi connectivity index (χ1) is 9.49. The molecular weight excluding hydrogens is 290 g/mol. The van der Waals surface area contributed by atoms with E-state index < -0.39 is 29.1 Å². The van der Waals surface area contributed by atoms with Gasteiger partial charge in [0.1, 0.15) is 11.4 Å². The van der Waals surface area contributed by atoms with Crippen molar-refractivity contribution < 1.29 is 27.1 Å². The van der Waals surface area contributed by atoms with Crippen molar-refractivity contribution in [3.8, 4) is 0 Å². The third-order valence-electron chi connectivity index (χ3n) is 2.35. The zero-order chi connectivity index (χ0) is 16.3. The van der Waals surface area contributed by atoms with Gasteiger partial charge in [0.25, 0.3) is 0 Å². The van der Waals surface area contributed by atoms with Crippen molar-refractivity contribution in [1.82, 2.24) is 0 Å². The quantitative estimate of drug-likeness (QED) is 0.675. The van der Waals surface area contributed by atoms with Crippen LogP contribution in [-0.2, 0) is 15.7 Å². The Kier molecular flexibility index (Phi) is 5.20. The smallest absolute Gasteiger partial charge is 0.419 e. The van der Waals surface area contributed by atoms with E-state index in [1.165, 1.54) is 6.07 Å². The van der Waals surface area contributed by atoms with E-state index in [1.54, 1.807) is 20.8 Å². The Bertz CT molecular complexity index is 507. The van der Waals surface area contributed by atoms with E-state index in [0.29, 0.717) is 6.07 Å². The highest BCUT2D eigenvalue weighted by Gasteiger charge is 2.34. The second-order valence-electron chi connectivity index (χ2n) is 5.46. The Hall–Kier alpha value is -1.79. The van der Waals surface area contributed by atoms with Gasteiger partial charge in [0.15, 0.2) is 0 Å². The molecule has 0 saturated carbocycles. The van der Waals surface area contributed by atoms with Gasteiger partial charge in [-0.15, -0.1) is 0 Å². The summed E-state index contributed by atoms with van der Waals surface area (Å²) in [5.74, 6) is -1.80. The molecule has 7 heteroatoms. The Labute approximate surface area is 120 Å². The van der Waals surface area contributed by atoms with E-state index in [0.717, 1.165) is 6.07 Å². The fourth-order valence-electron chi connectivity index (χ4n) is 1.55. The van der Waals surface area contributed by atoms with Crippen molar-refractivity contribution in [3.63, 3.8) is 0 Å². The van der Waals surface area contributed by atoms with Crippen LogP contribution in [0.5, 0.6) is 0 Å². The fraction of sp³-hybridized carbons (Fsp3) is 0.500. The number of carbonyl (C=O) groups excluding carboxylic acids is 1. The fourth-order valence-corrected chi connectivity index (χ4v) is 1.55. The molecule has 3 nitrogen and oxygen atoms in total. The first kappa shape index (κ1) is 17.3. The van der Waals surface area contributed by atoms with Crippen molar-refractivity contribution in [3.05, 3.63) is 29.6 Å². The third kappa shape index (κ3) is 6.01. The number of rotatable bonds is 4. The number of nitrogens with one attached hydrogen (secondary N) is 1. The van der Waals surface area contributed by atoms with E-state index in [4.69, 9.17) is 4.74 Å². The molecule has 0 radical (unpaired) electrons. The molecule has 0 aromatic heterocycles. The van der Waals surface area contributed by atoms with Crippen LogP contribution in [0.4, 0.5) is 23.2 Å².